The van der Waals surface area contributed by atoms with Crippen molar-refractivity contribution in [2.75, 3.05) is 6.54 Å². The number of H-pyrrole nitrogens is 1. The van der Waals surface area contributed by atoms with Gasteiger partial charge in [0.05, 0.1) is 11.6 Å². The lowest BCUT2D eigenvalue weighted by atomic mass is 9.76. The average Bonchev–Trinajstić information content (AvgIpc) is 3.27. The number of carbonyl (C=O) groups excluding carboxylic acids is 2. The normalized spacial score (nSPS) is 23.5. The Bertz CT molecular complexity index is 1180. The van der Waals surface area contributed by atoms with Gasteiger partial charge in [-0.25, -0.2) is 4.39 Å². The van der Waals surface area contributed by atoms with Crippen LogP contribution in [0.4, 0.5) is 4.39 Å². The van der Waals surface area contributed by atoms with E-state index in [9.17, 15) is 14.0 Å². The van der Waals surface area contributed by atoms with E-state index in [-0.39, 0.29) is 23.7 Å². The number of nitrogens with zero attached hydrogens (tertiary/aromatic N) is 1. The largest absolute Gasteiger partial charge is 0.358 e. The van der Waals surface area contributed by atoms with Crippen molar-refractivity contribution in [3.8, 4) is 0 Å². The van der Waals surface area contributed by atoms with Crippen molar-refractivity contribution in [3.63, 3.8) is 0 Å². The van der Waals surface area contributed by atoms with E-state index in [0.29, 0.717) is 24.9 Å². The molecule has 0 unspecified atom stereocenters. The van der Waals surface area contributed by atoms with Gasteiger partial charge >= 0.3 is 0 Å². The van der Waals surface area contributed by atoms with Crippen LogP contribution in [-0.2, 0) is 4.79 Å². The van der Waals surface area contributed by atoms with Crippen LogP contribution < -0.4 is 5.32 Å². The molecule has 2 fully saturated rings. The van der Waals surface area contributed by atoms with Crippen molar-refractivity contribution in [2.45, 2.75) is 51.1 Å². The standard InChI is InChI=1S/C25H26FN3O2/c1-15-16(2)27-21-9-6-18(14-20(15)21)24(31)29-13-3-11-25(12-10-22(30)28-25)23(29)17-4-7-19(26)8-5-17/h4-9,14,23,27H,3,10-13H2,1-2H3,(H,28,30)/t23-,25+/m1/s1. The predicted molar refractivity (Wildman–Crippen MR) is 117 cm³/mol. The number of halogens is 1. The number of piperidine rings is 1. The highest BCUT2D eigenvalue weighted by Gasteiger charge is 2.50. The number of nitrogens with one attached hydrogen (secondary N) is 2. The maximum Gasteiger partial charge on any atom is 0.254 e. The molecular formula is C25H26FN3O2. The van der Waals surface area contributed by atoms with Crippen molar-refractivity contribution in [1.82, 2.24) is 15.2 Å². The Morgan fingerprint density at radius 1 is 1.13 bits per heavy atom. The summed E-state index contributed by atoms with van der Waals surface area (Å²) >= 11 is 0. The van der Waals surface area contributed by atoms with E-state index in [1.807, 2.05) is 36.9 Å². The summed E-state index contributed by atoms with van der Waals surface area (Å²) in [7, 11) is 0. The highest BCUT2D eigenvalue weighted by molar-refractivity contribution is 5.99. The Morgan fingerprint density at radius 3 is 2.61 bits per heavy atom. The van der Waals surface area contributed by atoms with Crippen LogP contribution in [0.5, 0.6) is 0 Å². The average molecular weight is 420 g/mol. The van der Waals surface area contributed by atoms with Crippen LogP contribution in [0.3, 0.4) is 0 Å². The molecule has 2 amide bonds. The van der Waals surface area contributed by atoms with Gasteiger partial charge in [-0.3, -0.25) is 9.59 Å². The third-order valence-corrected chi connectivity index (χ3v) is 7.05. The molecule has 2 aromatic carbocycles. The van der Waals surface area contributed by atoms with Crippen LogP contribution in [-0.4, -0.2) is 33.8 Å². The van der Waals surface area contributed by atoms with Gasteiger partial charge in [0, 0.05) is 35.1 Å². The van der Waals surface area contributed by atoms with Gasteiger partial charge in [0.1, 0.15) is 5.82 Å². The molecule has 0 radical (unpaired) electrons. The molecule has 2 atom stereocenters. The summed E-state index contributed by atoms with van der Waals surface area (Å²) in [6.45, 7) is 4.67. The summed E-state index contributed by atoms with van der Waals surface area (Å²) in [5, 5.41) is 4.22. The SMILES string of the molecule is Cc1[nH]c2ccc(C(=O)N3CCC[C@]4(CCC(=O)N4)[C@H]3c3ccc(F)cc3)cc2c1C. The van der Waals surface area contributed by atoms with Crippen LogP contribution in [0.1, 0.15) is 58.9 Å². The van der Waals surface area contributed by atoms with Gasteiger partial charge in [-0.2, -0.15) is 0 Å². The zero-order valence-corrected chi connectivity index (χ0v) is 17.8. The number of aromatic nitrogens is 1. The second-order valence-corrected chi connectivity index (χ2v) is 8.90. The Labute approximate surface area is 180 Å². The molecule has 3 aromatic rings. The van der Waals surface area contributed by atoms with Gasteiger partial charge in [-0.05, 0) is 74.6 Å². The molecule has 0 bridgehead atoms. The maximum atomic E-state index is 13.8. The molecule has 6 heteroatoms. The predicted octanol–water partition coefficient (Wildman–Crippen LogP) is 4.55. The first kappa shape index (κ1) is 19.8. The molecule has 1 spiro atoms. The Kier molecular flexibility index (Phi) is 4.61. The van der Waals surface area contributed by atoms with E-state index in [4.69, 9.17) is 0 Å². The van der Waals surface area contributed by atoms with Crippen LogP contribution in [0.15, 0.2) is 42.5 Å². The van der Waals surface area contributed by atoms with Crippen LogP contribution in [0, 0.1) is 19.7 Å². The van der Waals surface area contributed by atoms with Gasteiger partial charge in [0.2, 0.25) is 5.91 Å². The summed E-state index contributed by atoms with van der Waals surface area (Å²) in [5.41, 5.74) is 4.22. The highest BCUT2D eigenvalue weighted by Crippen LogP contribution is 2.45. The molecule has 2 saturated heterocycles. The molecule has 2 aliphatic heterocycles. The topological polar surface area (TPSA) is 65.2 Å². The fraction of sp³-hybridized carbons (Fsp3) is 0.360. The zero-order valence-electron chi connectivity index (χ0n) is 17.8. The first-order valence-corrected chi connectivity index (χ1v) is 10.8. The summed E-state index contributed by atoms with van der Waals surface area (Å²) < 4.78 is 13.6. The lowest BCUT2D eigenvalue weighted by Gasteiger charge is -2.48. The second kappa shape index (κ2) is 7.22. The fourth-order valence-electron chi connectivity index (χ4n) is 5.38. The summed E-state index contributed by atoms with van der Waals surface area (Å²) in [6.07, 6.45) is 2.74. The summed E-state index contributed by atoms with van der Waals surface area (Å²) in [5.74, 6) is -0.360. The lowest BCUT2D eigenvalue weighted by Crippen LogP contribution is -2.58. The van der Waals surface area contributed by atoms with Gasteiger partial charge in [-0.15, -0.1) is 0 Å². The van der Waals surface area contributed by atoms with Crippen molar-refractivity contribution in [1.29, 1.82) is 0 Å². The molecule has 1 aromatic heterocycles. The van der Waals surface area contributed by atoms with E-state index in [1.165, 1.54) is 12.1 Å². The number of aryl methyl sites for hydroxylation is 2. The Hall–Kier alpha value is -3.15. The third-order valence-electron chi connectivity index (χ3n) is 7.05. The number of rotatable bonds is 2. The maximum absolute atomic E-state index is 13.8. The summed E-state index contributed by atoms with van der Waals surface area (Å²) in [4.78, 5) is 31.2. The highest BCUT2D eigenvalue weighted by atomic mass is 19.1. The Balaban J connectivity index is 1.58. The first-order valence-electron chi connectivity index (χ1n) is 10.8. The number of aromatic amines is 1. The number of hydrogen-bond acceptors (Lipinski definition) is 2. The van der Waals surface area contributed by atoms with E-state index in [0.717, 1.165) is 40.6 Å². The molecule has 5 nitrogen and oxygen atoms in total. The van der Waals surface area contributed by atoms with E-state index in [1.54, 1.807) is 12.1 Å². The minimum Gasteiger partial charge on any atom is -0.358 e. The van der Waals surface area contributed by atoms with E-state index < -0.39 is 5.54 Å². The molecule has 2 N–H and O–H groups in total. The number of amides is 2. The smallest absolute Gasteiger partial charge is 0.254 e. The second-order valence-electron chi connectivity index (χ2n) is 8.90. The number of carbonyl (C=O) groups is 2. The van der Waals surface area contributed by atoms with E-state index >= 15 is 0 Å². The quantitative estimate of drug-likeness (QED) is 0.640. The van der Waals surface area contributed by atoms with Crippen LogP contribution in [0.25, 0.3) is 10.9 Å². The molecule has 2 aliphatic rings. The number of hydrogen-bond donors (Lipinski definition) is 2. The number of benzene rings is 2. The van der Waals surface area contributed by atoms with Gasteiger partial charge in [0.15, 0.2) is 0 Å². The van der Waals surface area contributed by atoms with E-state index in [2.05, 4.69) is 10.3 Å². The van der Waals surface area contributed by atoms with Gasteiger partial charge < -0.3 is 15.2 Å². The molecule has 31 heavy (non-hydrogen) atoms. The molecule has 0 saturated carbocycles. The molecule has 160 valence electrons. The van der Waals surface area contributed by atoms with Gasteiger partial charge in [-0.1, -0.05) is 12.1 Å². The minimum atomic E-state index is -0.506. The van der Waals surface area contributed by atoms with Crippen molar-refractivity contribution in [2.24, 2.45) is 0 Å². The first-order chi connectivity index (χ1) is 14.9. The summed E-state index contributed by atoms with van der Waals surface area (Å²) in [6, 6.07) is 11.8. The third kappa shape index (κ3) is 3.21. The lowest BCUT2D eigenvalue weighted by molar-refractivity contribution is -0.120. The monoisotopic (exact) mass is 419 g/mol. The zero-order chi connectivity index (χ0) is 21.8. The minimum absolute atomic E-state index is 0.0150. The van der Waals surface area contributed by atoms with Crippen LogP contribution in [0.2, 0.25) is 0 Å². The van der Waals surface area contributed by atoms with Crippen molar-refractivity contribution in [3.05, 3.63) is 70.7 Å². The molecule has 0 aliphatic carbocycles. The van der Waals surface area contributed by atoms with Crippen molar-refractivity contribution < 1.29 is 14.0 Å². The van der Waals surface area contributed by atoms with Gasteiger partial charge in [0.25, 0.3) is 5.91 Å². The molecule has 5 rings (SSSR count). The molecule has 3 heterocycles. The Morgan fingerprint density at radius 2 is 1.90 bits per heavy atom. The number of likely N-dealkylation sites (tertiary alicyclic amines) is 1. The fourth-order valence-corrected chi connectivity index (χ4v) is 5.38. The molecular weight excluding hydrogens is 393 g/mol. The number of fused-ring (bicyclic) bond motifs is 1. The van der Waals surface area contributed by atoms with Crippen molar-refractivity contribution >= 4 is 22.7 Å². The van der Waals surface area contributed by atoms with Crippen LogP contribution >= 0.6 is 0 Å².